The second-order valence-electron chi connectivity index (χ2n) is 2.70. The molecule has 0 aliphatic heterocycles. The van der Waals surface area contributed by atoms with E-state index in [0.717, 1.165) is 4.47 Å². The number of halogens is 1. The molecule has 0 saturated carbocycles. The van der Waals surface area contributed by atoms with Crippen LogP contribution >= 0.6 is 15.9 Å². The van der Waals surface area contributed by atoms with E-state index in [1.54, 1.807) is 12.1 Å². The molecule has 1 aromatic rings. The van der Waals surface area contributed by atoms with Gasteiger partial charge in [-0.3, -0.25) is 0 Å². The van der Waals surface area contributed by atoms with E-state index in [1.807, 2.05) is 0 Å². The van der Waals surface area contributed by atoms with Crippen LogP contribution in [0, 0.1) is 0 Å². The van der Waals surface area contributed by atoms with Crippen LogP contribution in [-0.4, -0.2) is 13.8 Å². The van der Waals surface area contributed by atoms with E-state index in [4.69, 9.17) is 5.73 Å². The highest BCUT2D eigenvalue weighted by molar-refractivity contribution is 9.10. The lowest BCUT2D eigenvalue weighted by molar-refractivity contribution is 0.585. The van der Waals surface area contributed by atoms with Gasteiger partial charge in [-0.25, -0.2) is 8.42 Å². The maximum absolute atomic E-state index is 11.5. The SMILES string of the molecule is CC(N)S(=O)(=O)c1ccc(Br)cc1. The van der Waals surface area contributed by atoms with Gasteiger partial charge in [0.1, 0.15) is 5.37 Å². The van der Waals surface area contributed by atoms with Gasteiger partial charge in [-0.05, 0) is 31.2 Å². The minimum atomic E-state index is -3.34. The van der Waals surface area contributed by atoms with Crippen molar-refractivity contribution in [3.8, 4) is 0 Å². The Morgan fingerprint density at radius 1 is 1.31 bits per heavy atom. The summed E-state index contributed by atoms with van der Waals surface area (Å²) in [5, 5.41) is -0.867. The zero-order valence-electron chi connectivity index (χ0n) is 7.07. The molecule has 0 fully saturated rings. The summed E-state index contributed by atoms with van der Waals surface area (Å²) in [5.74, 6) is 0. The largest absolute Gasteiger partial charge is 0.315 e. The summed E-state index contributed by atoms with van der Waals surface area (Å²) in [5.41, 5.74) is 5.34. The highest BCUT2D eigenvalue weighted by atomic mass is 79.9. The Labute approximate surface area is 86.0 Å². The van der Waals surface area contributed by atoms with Crippen LogP contribution in [0.3, 0.4) is 0 Å². The highest BCUT2D eigenvalue weighted by Crippen LogP contribution is 2.16. The molecule has 0 bridgehead atoms. The van der Waals surface area contributed by atoms with Gasteiger partial charge in [0.25, 0.3) is 0 Å². The average molecular weight is 264 g/mol. The van der Waals surface area contributed by atoms with Crippen molar-refractivity contribution < 1.29 is 8.42 Å². The van der Waals surface area contributed by atoms with Crippen LogP contribution in [-0.2, 0) is 9.84 Å². The third kappa shape index (κ3) is 2.30. The lowest BCUT2D eigenvalue weighted by Crippen LogP contribution is -2.26. The molecule has 2 N–H and O–H groups in total. The number of hydrogen-bond acceptors (Lipinski definition) is 3. The predicted octanol–water partition coefficient (Wildman–Crippen LogP) is 1.53. The van der Waals surface area contributed by atoms with Gasteiger partial charge in [0, 0.05) is 4.47 Å². The summed E-state index contributed by atoms with van der Waals surface area (Å²) in [4.78, 5) is 0.255. The normalized spacial score (nSPS) is 14.1. The second-order valence-corrected chi connectivity index (χ2v) is 5.92. The molecule has 0 spiro atoms. The van der Waals surface area contributed by atoms with Crippen LogP contribution < -0.4 is 5.73 Å². The fourth-order valence-corrected chi connectivity index (χ4v) is 2.05. The van der Waals surface area contributed by atoms with Gasteiger partial charge < -0.3 is 5.73 Å². The minimum Gasteiger partial charge on any atom is -0.315 e. The quantitative estimate of drug-likeness (QED) is 0.881. The number of nitrogens with two attached hydrogens (primary N) is 1. The van der Waals surface area contributed by atoms with Gasteiger partial charge in [-0.2, -0.15) is 0 Å². The molecule has 1 atom stereocenters. The molecule has 0 heterocycles. The summed E-state index contributed by atoms with van der Waals surface area (Å²) >= 11 is 3.22. The first-order valence-electron chi connectivity index (χ1n) is 3.69. The summed E-state index contributed by atoms with van der Waals surface area (Å²) in [6, 6.07) is 6.41. The third-order valence-corrected chi connectivity index (χ3v) is 4.07. The molecule has 0 aromatic heterocycles. The monoisotopic (exact) mass is 263 g/mol. The zero-order chi connectivity index (χ0) is 10.1. The topological polar surface area (TPSA) is 60.2 Å². The van der Waals surface area contributed by atoms with Crippen molar-refractivity contribution in [2.75, 3.05) is 0 Å². The number of sulfone groups is 1. The second kappa shape index (κ2) is 3.77. The van der Waals surface area contributed by atoms with Crippen LogP contribution in [0.25, 0.3) is 0 Å². The Kier molecular flexibility index (Phi) is 3.10. The summed E-state index contributed by atoms with van der Waals surface area (Å²) in [6.45, 7) is 1.46. The zero-order valence-corrected chi connectivity index (χ0v) is 9.47. The van der Waals surface area contributed by atoms with Gasteiger partial charge in [-0.15, -0.1) is 0 Å². The molecule has 3 nitrogen and oxygen atoms in total. The molecule has 13 heavy (non-hydrogen) atoms. The molecule has 0 aliphatic rings. The summed E-state index contributed by atoms with van der Waals surface area (Å²) in [6.07, 6.45) is 0. The van der Waals surface area contributed by atoms with Crippen molar-refractivity contribution in [3.05, 3.63) is 28.7 Å². The van der Waals surface area contributed by atoms with E-state index in [0.29, 0.717) is 0 Å². The Morgan fingerprint density at radius 3 is 2.15 bits per heavy atom. The van der Waals surface area contributed by atoms with Crippen molar-refractivity contribution in [3.63, 3.8) is 0 Å². The van der Waals surface area contributed by atoms with Crippen LogP contribution in [0.4, 0.5) is 0 Å². The number of benzene rings is 1. The Morgan fingerprint density at radius 2 is 1.77 bits per heavy atom. The first kappa shape index (κ1) is 10.7. The summed E-state index contributed by atoms with van der Waals surface area (Å²) in [7, 11) is -3.34. The standard InChI is InChI=1S/C8H10BrNO2S/c1-6(10)13(11,12)8-4-2-7(9)3-5-8/h2-6H,10H2,1H3. The highest BCUT2D eigenvalue weighted by Gasteiger charge is 2.18. The molecule has 0 amide bonds. The van der Waals surface area contributed by atoms with Gasteiger partial charge in [0.15, 0.2) is 9.84 Å². The maximum Gasteiger partial charge on any atom is 0.193 e. The average Bonchev–Trinajstić information content (AvgIpc) is 2.04. The molecule has 0 radical (unpaired) electrons. The first-order chi connectivity index (χ1) is 5.94. The minimum absolute atomic E-state index is 0.255. The van der Waals surface area contributed by atoms with Crippen LogP contribution in [0.2, 0.25) is 0 Å². The maximum atomic E-state index is 11.5. The van der Waals surface area contributed by atoms with Crippen molar-refractivity contribution >= 4 is 25.8 Å². The van der Waals surface area contributed by atoms with E-state index < -0.39 is 15.2 Å². The van der Waals surface area contributed by atoms with Gasteiger partial charge in [0.2, 0.25) is 0 Å². The first-order valence-corrected chi connectivity index (χ1v) is 6.03. The Hall–Kier alpha value is -0.390. The van der Waals surface area contributed by atoms with Crippen LogP contribution in [0.5, 0.6) is 0 Å². The van der Waals surface area contributed by atoms with Crippen molar-refractivity contribution in [1.82, 2.24) is 0 Å². The van der Waals surface area contributed by atoms with E-state index in [9.17, 15) is 8.42 Å². The van der Waals surface area contributed by atoms with E-state index >= 15 is 0 Å². The van der Waals surface area contributed by atoms with E-state index in [2.05, 4.69) is 15.9 Å². The van der Waals surface area contributed by atoms with Crippen molar-refractivity contribution in [2.45, 2.75) is 17.2 Å². The lowest BCUT2D eigenvalue weighted by atomic mass is 10.4. The molecular weight excluding hydrogens is 254 g/mol. The van der Waals surface area contributed by atoms with Gasteiger partial charge in [-0.1, -0.05) is 15.9 Å². The molecule has 1 unspecified atom stereocenters. The lowest BCUT2D eigenvalue weighted by Gasteiger charge is -2.07. The molecule has 0 saturated heterocycles. The van der Waals surface area contributed by atoms with Crippen molar-refractivity contribution in [1.29, 1.82) is 0 Å². The molecular formula is C8H10BrNO2S. The molecule has 5 heteroatoms. The van der Waals surface area contributed by atoms with Gasteiger partial charge >= 0.3 is 0 Å². The number of rotatable bonds is 2. The molecule has 72 valence electrons. The molecule has 1 rings (SSSR count). The molecule has 0 aliphatic carbocycles. The van der Waals surface area contributed by atoms with E-state index in [1.165, 1.54) is 19.1 Å². The van der Waals surface area contributed by atoms with Crippen molar-refractivity contribution in [2.24, 2.45) is 5.73 Å². The molecule has 1 aromatic carbocycles. The van der Waals surface area contributed by atoms with Crippen LogP contribution in [0.1, 0.15) is 6.92 Å². The third-order valence-electron chi connectivity index (χ3n) is 1.63. The summed E-state index contributed by atoms with van der Waals surface area (Å²) < 4.78 is 23.8. The smallest absolute Gasteiger partial charge is 0.193 e. The fourth-order valence-electron chi connectivity index (χ4n) is 0.839. The number of hydrogen-bond donors (Lipinski definition) is 1. The Bertz CT molecular complexity index is 383. The predicted molar refractivity (Wildman–Crippen MR) is 55.0 cm³/mol. The van der Waals surface area contributed by atoms with Crippen LogP contribution in [0.15, 0.2) is 33.6 Å². The Balaban J connectivity index is 3.17. The fraction of sp³-hybridized carbons (Fsp3) is 0.250. The van der Waals surface area contributed by atoms with Gasteiger partial charge in [0.05, 0.1) is 4.90 Å². The van der Waals surface area contributed by atoms with E-state index in [-0.39, 0.29) is 4.90 Å².